The molecule has 3 N–H and O–H groups in total. The maximum absolute atomic E-state index is 13.4. The maximum atomic E-state index is 13.4. The van der Waals surface area contributed by atoms with Gasteiger partial charge in [-0.3, -0.25) is 24.5 Å². The molecule has 1 unspecified atom stereocenters. The van der Waals surface area contributed by atoms with E-state index >= 15 is 0 Å². The molecule has 2 aromatic rings. The van der Waals surface area contributed by atoms with Crippen molar-refractivity contribution in [2.75, 3.05) is 11.9 Å². The lowest BCUT2D eigenvalue weighted by molar-refractivity contribution is -0.384. The lowest BCUT2D eigenvalue weighted by Gasteiger charge is -2.28. The standard InChI is InChI=1S/C28H34N4O8/c1-28(2,3)40-27(36)39-26(35)19(16-18-8-5-4-6-9-18)17-22(29)25(34)31-15-7-10-23(31)24(33)30-20-11-13-21(14-12-20)32(37)38/h4-6,8-9,11-14,19,22-23H,7,10,15-17,29H2,1-3H3,(H,30,33)/t19?,22-,23-/m0/s1. The second kappa shape index (κ2) is 13.2. The molecule has 0 spiro atoms. The van der Waals surface area contributed by atoms with Gasteiger partial charge in [0.15, 0.2) is 0 Å². The number of non-ortho nitro benzene ring substituents is 1. The van der Waals surface area contributed by atoms with Gasteiger partial charge in [0.2, 0.25) is 11.8 Å². The molecule has 0 aromatic heterocycles. The molecule has 3 rings (SSSR count). The zero-order valence-electron chi connectivity index (χ0n) is 22.7. The van der Waals surface area contributed by atoms with E-state index < -0.39 is 52.5 Å². The number of hydrogen-bond donors (Lipinski definition) is 2. The first-order valence-electron chi connectivity index (χ1n) is 12.9. The van der Waals surface area contributed by atoms with Crippen molar-refractivity contribution in [2.45, 2.75) is 64.1 Å². The zero-order chi connectivity index (χ0) is 29.4. The highest BCUT2D eigenvalue weighted by Gasteiger charge is 2.38. The van der Waals surface area contributed by atoms with Gasteiger partial charge in [0, 0.05) is 24.4 Å². The summed E-state index contributed by atoms with van der Waals surface area (Å²) < 4.78 is 10.0. The summed E-state index contributed by atoms with van der Waals surface area (Å²) in [4.78, 5) is 63.1. The average molecular weight is 555 g/mol. The summed E-state index contributed by atoms with van der Waals surface area (Å²) in [6, 6.07) is 12.5. The van der Waals surface area contributed by atoms with Crippen LogP contribution in [-0.2, 0) is 30.3 Å². The summed E-state index contributed by atoms with van der Waals surface area (Å²) in [5.74, 6) is -2.75. The Morgan fingerprint density at radius 3 is 2.35 bits per heavy atom. The molecule has 0 saturated carbocycles. The average Bonchev–Trinajstić information content (AvgIpc) is 3.37. The van der Waals surface area contributed by atoms with Crippen LogP contribution in [0.15, 0.2) is 54.6 Å². The topological polar surface area (TPSA) is 171 Å². The van der Waals surface area contributed by atoms with Crippen molar-refractivity contribution in [1.29, 1.82) is 0 Å². The molecule has 40 heavy (non-hydrogen) atoms. The van der Waals surface area contributed by atoms with E-state index in [1.54, 1.807) is 45.0 Å². The van der Waals surface area contributed by atoms with E-state index in [4.69, 9.17) is 15.2 Å². The van der Waals surface area contributed by atoms with Crippen molar-refractivity contribution in [3.63, 3.8) is 0 Å². The summed E-state index contributed by atoms with van der Waals surface area (Å²) in [5, 5.41) is 13.5. The molecule has 0 radical (unpaired) electrons. The van der Waals surface area contributed by atoms with Crippen molar-refractivity contribution in [3.8, 4) is 0 Å². The molecule has 1 aliphatic rings. The van der Waals surface area contributed by atoms with Gasteiger partial charge < -0.3 is 25.4 Å². The minimum Gasteiger partial charge on any atom is -0.428 e. The van der Waals surface area contributed by atoms with E-state index in [9.17, 15) is 29.3 Å². The van der Waals surface area contributed by atoms with Gasteiger partial charge >= 0.3 is 12.1 Å². The number of benzene rings is 2. The molecule has 2 amide bonds. The third-order valence-corrected chi connectivity index (χ3v) is 6.27. The zero-order valence-corrected chi connectivity index (χ0v) is 22.7. The minimum atomic E-state index is -1.15. The quantitative estimate of drug-likeness (QED) is 0.203. The number of hydrogen-bond acceptors (Lipinski definition) is 9. The van der Waals surface area contributed by atoms with Crippen molar-refractivity contribution >= 4 is 35.3 Å². The predicted octanol–water partition coefficient (Wildman–Crippen LogP) is 3.58. The molecule has 12 heteroatoms. The fraction of sp³-hybridized carbons (Fsp3) is 0.429. The molecule has 2 aromatic carbocycles. The van der Waals surface area contributed by atoms with E-state index in [1.807, 2.05) is 6.07 Å². The van der Waals surface area contributed by atoms with Gasteiger partial charge in [0.05, 0.1) is 16.9 Å². The van der Waals surface area contributed by atoms with E-state index in [-0.39, 0.29) is 18.5 Å². The Hall–Kier alpha value is -4.32. The van der Waals surface area contributed by atoms with E-state index in [0.717, 1.165) is 5.56 Å². The highest BCUT2D eigenvalue weighted by Crippen LogP contribution is 2.24. The molecule has 1 heterocycles. The van der Waals surface area contributed by atoms with Crippen LogP contribution in [0.4, 0.5) is 16.2 Å². The van der Waals surface area contributed by atoms with Crippen LogP contribution in [0.1, 0.15) is 45.6 Å². The van der Waals surface area contributed by atoms with Crippen LogP contribution in [-0.4, -0.2) is 58.0 Å². The number of nitro groups is 1. The van der Waals surface area contributed by atoms with Gasteiger partial charge in [-0.05, 0) is 64.2 Å². The number of nitrogens with two attached hydrogens (primary N) is 1. The van der Waals surface area contributed by atoms with Crippen LogP contribution < -0.4 is 11.1 Å². The number of nitrogens with zero attached hydrogens (tertiary/aromatic N) is 2. The van der Waals surface area contributed by atoms with Crippen LogP contribution in [0.5, 0.6) is 0 Å². The van der Waals surface area contributed by atoms with Crippen LogP contribution in [0.25, 0.3) is 0 Å². The summed E-state index contributed by atoms with van der Waals surface area (Å²) in [5.41, 5.74) is 6.44. The molecule has 1 aliphatic heterocycles. The number of amides is 2. The summed E-state index contributed by atoms with van der Waals surface area (Å²) >= 11 is 0. The lowest BCUT2D eigenvalue weighted by atomic mass is 9.92. The number of carbonyl (C=O) groups is 4. The number of likely N-dealkylation sites (tertiary alicyclic amines) is 1. The molecule has 0 aliphatic carbocycles. The number of ether oxygens (including phenoxy) is 2. The largest absolute Gasteiger partial charge is 0.516 e. The third kappa shape index (κ3) is 8.60. The Morgan fingerprint density at radius 1 is 1.10 bits per heavy atom. The van der Waals surface area contributed by atoms with Crippen LogP contribution in [0.2, 0.25) is 0 Å². The van der Waals surface area contributed by atoms with Crippen molar-refractivity contribution in [1.82, 2.24) is 4.90 Å². The van der Waals surface area contributed by atoms with Crippen LogP contribution in [0.3, 0.4) is 0 Å². The van der Waals surface area contributed by atoms with Gasteiger partial charge in [-0.2, -0.15) is 0 Å². The van der Waals surface area contributed by atoms with Crippen molar-refractivity contribution in [2.24, 2.45) is 11.7 Å². The first kappa shape index (κ1) is 30.2. The lowest BCUT2D eigenvalue weighted by Crippen LogP contribution is -2.50. The number of nitrogens with one attached hydrogen (secondary N) is 1. The molecule has 1 saturated heterocycles. The Balaban J connectivity index is 1.69. The third-order valence-electron chi connectivity index (χ3n) is 6.27. The Kier molecular flexibility index (Phi) is 9.94. The Labute approximate surface area is 231 Å². The Bertz CT molecular complexity index is 1230. The number of nitro benzene ring substituents is 1. The smallest absolute Gasteiger partial charge is 0.428 e. The first-order chi connectivity index (χ1) is 18.8. The maximum Gasteiger partial charge on any atom is 0.516 e. The summed E-state index contributed by atoms with van der Waals surface area (Å²) in [6.45, 7) is 5.22. The first-order valence-corrected chi connectivity index (χ1v) is 12.9. The fourth-order valence-electron chi connectivity index (χ4n) is 4.41. The number of carbonyl (C=O) groups excluding carboxylic acids is 4. The predicted molar refractivity (Wildman–Crippen MR) is 145 cm³/mol. The normalized spacial score (nSPS) is 16.5. The molecule has 214 valence electrons. The van der Waals surface area contributed by atoms with Crippen molar-refractivity contribution < 1.29 is 33.6 Å². The SMILES string of the molecule is CC(C)(C)OC(=O)OC(=O)C(Cc1ccccc1)C[C@H](N)C(=O)N1CCC[C@H]1C(=O)Nc1ccc([N+](=O)[O-])cc1. The van der Waals surface area contributed by atoms with Gasteiger partial charge in [-0.25, -0.2) is 4.79 Å². The minimum absolute atomic E-state index is 0.114. The highest BCUT2D eigenvalue weighted by molar-refractivity contribution is 5.98. The summed E-state index contributed by atoms with van der Waals surface area (Å²) in [7, 11) is 0. The number of anilines is 1. The van der Waals surface area contributed by atoms with Crippen molar-refractivity contribution in [3.05, 3.63) is 70.3 Å². The van der Waals surface area contributed by atoms with E-state index in [0.29, 0.717) is 25.1 Å². The molecule has 12 nitrogen and oxygen atoms in total. The molecule has 3 atom stereocenters. The van der Waals surface area contributed by atoms with E-state index in [2.05, 4.69) is 5.32 Å². The summed E-state index contributed by atoms with van der Waals surface area (Å²) in [6.07, 6.45) is -0.107. The van der Waals surface area contributed by atoms with Crippen LogP contribution >= 0.6 is 0 Å². The van der Waals surface area contributed by atoms with Gasteiger partial charge in [0.25, 0.3) is 5.69 Å². The molecule has 0 bridgehead atoms. The van der Waals surface area contributed by atoms with Gasteiger partial charge in [-0.1, -0.05) is 30.3 Å². The van der Waals surface area contributed by atoms with Gasteiger partial charge in [0.1, 0.15) is 11.6 Å². The second-order valence-electron chi connectivity index (χ2n) is 10.6. The second-order valence-corrected chi connectivity index (χ2v) is 10.6. The van der Waals surface area contributed by atoms with Gasteiger partial charge in [-0.15, -0.1) is 0 Å². The van der Waals surface area contributed by atoms with E-state index in [1.165, 1.54) is 29.2 Å². The monoisotopic (exact) mass is 554 g/mol. The molecular formula is C28H34N4O8. The fourth-order valence-corrected chi connectivity index (χ4v) is 4.41. The number of rotatable bonds is 9. The molecular weight excluding hydrogens is 520 g/mol. The molecule has 1 fully saturated rings. The highest BCUT2D eigenvalue weighted by atomic mass is 16.7. The van der Waals surface area contributed by atoms with Crippen LogP contribution in [0, 0.1) is 16.0 Å². The number of esters is 1. The Morgan fingerprint density at radius 2 is 1.75 bits per heavy atom.